The lowest BCUT2D eigenvalue weighted by Gasteiger charge is -2.09. The Morgan fingerprint density at radius 3 is 2.80 bits per heavy atom. The van der Waals surface area contributed by atoms with E-state index in [9.17, 15) is 13.2 Å². The monoisotopic (exact) mass is 296 g/mol. The van der Waals surface area contributed by atoms with Crippen LogP contribution < -0.4 is 10.5 Å². The molecule has 0 amide bonds. The number of hydrogen-bond donors (Lipinski definition) is 4. The average molecular weight is 296 g/mol. The van der Waals surface area contributed by atoms with Gasteiger partial charge in [-0.05, 0) is 18.2 Å². The summed E-state index contributed by atoms with van der Waals surface area (Å²) in [5.41, 5.74) is 5.89. The molecule has 5 N–H and O–H groups in total. The van der Waals surface area contributed by atoms with Gasteiger partial charge in [0.2, 0.25) is 10.0 Å². The Balaban J connectivity index is 2.33. The normalized spacial score (nSPS) is 11.4. The summed E-state index contributed by atoms with van der Waals surface area (Å²) in [6.07, 6.45) is 2.87. The topological polar surface area (TPSA) is 138 Å². The van der Waals surface area contributed by atoms with Crippen molar-refractivity contribution >= 4 is 21.7 Å². The van der Waals surface area contributed by atoms with Gasteiger partial charge < -0.3 is 15.8 Å². The van der Waals surface area contributed by atoms with Crippen molar-refractivity contribution in [3.63, 3.8) is 0 Å². The molecule has 1 heterocycles. The number of carbonyl (C=O) groups is 1. The van der Waals surface area contributed by atoms with Gasteiger partial charge in [0.05, 0.1) is 23.3 Å². The van der Waals surface area contributed by atoms with Gasteiger partial charge in [-0.3, -0.25) is 0 Å². The van der Waals surface area contributed by atoms with Crippen molar-refractivity contribution < 1.29 is 18.3 Å². The lowest BCUT2D eigenvalue weighted by molar-refractivity contribution is 0.0692. The first-order valence-electron chi connectivity index (χ1n) is 5.50. The number of hydrogen-bond acceptors (Lipinski definition) is 5. The van der Waals surface area contributed by atoms with Crippen molar-refractivity contribution in [2.75, 3.05) is 5.73 Å². The summed E-state index contributed by atoms with van der Waals surface area (Å²) in [5, 5.41) is 9.02. The summed E-state index contributed by atoms with van der Waals surface area (Å²) >= 11 is 0. The summed E-state index contributed by atoms with van der Waals surface area (Å²) in [6, 6.07) is 3.60. The molecular formula is C11H12N4O4S. The van der Waals surface area contributed by atoms with Crippen molar-refractivity contribution in [3.8, 4) is 0 Å². The lowest BCUT2D eigenvalue weighted by Crippen LogP contribution is -2.25. The molecule has 0 fully saturated rings. The highest BCUT2D eigenvalue weighted by atomic mass is 32.2. The van der Waals surface area contributed by atoms with E-state index in [-0.39, 0.29) is 22.7 Å². The van der Waals surface area contributed by atoms with Crippen LogP contribution in [0.4, 0.5) is 5.69 Å². The number of sulfonamides is 1. The third-order valence-corrected chi connectivity index (χ3v) is 3.97. The number of nitrogens with zero attached hydrogens (tertiary/aromatic N) is 1. The van der Waals surface area contributed by atoms with Crippen LogP contribution >= 0.6 is 0 Å². The summed E-state index contributed by atoms with van der Waals surface area (Å²) in [6.45, 7) is -0.0316. The number of aromatic nitrogens is 2. The number of anilines is 1. The second-order valence-corrected chi connectivity index (χ2v) is 5.70. The van der Waals surface area contributed by atoms with Crippen LogP contribution in [0.15, 0.2) is 35.6 Å². The SMILES string of the molecule is Nc1ccc(C(=O)O)c(S(=O)(=O)NCc2cnc[nH]2)c1. The fraction of sp³-hybridized carbons (Fsp3) is 0.0909. The minimum atomic E-state index is -3.99. The van der Waals surface area contributed by atoms with Gasteiger partial charge in [-0.15, -0.1) is 0 Å². The molecule has 8 nitrogen and oxygen atoms in total. The Morgan fingerprint density at radius 2 is 2.20 bits per heavy atom. The predicted molar refractivity (Wildman–Crippen MR) is 70.4 cm³/mol. The predicted octanol–water partition coefficient (Wildman–Crippen LogP) is 0.169. The molecule has 0 radical (unpaired) electrons. The Bertz CT molecular complexity index is 725. The van der Waals surface area contributed by atoms with Crippen molar-refractivity contribution in [3.05, 3.63) is 42.0 Å². The molecule has 0 atom stereocenters. The van der Waals surface area contributed by atoms with Gasteiger partial charge in [-0.25, -0.2) is 22.9 Å². The summed E-state index contributed by atoms with van der Waals surface area (Å²) in [4.78, 5) is 17.2. The quantitative estimate of drug-likeness (QED) is 0.580. The average Bonchev–Trinajstić information content (AvgIpc) is 2.89. The molecule has 0 spiro atoms. The van der Waals surface area contributed by atoms with E-state index in [1.807, 2.05) is 0 Å². The van der Waals surface area contributed by atoms with Crippen LogP contribution in [-0.2, 0) is 16.6 Å². The van der Waals surface area contributed by atoms with E-state index < -0.39 is 16.0 Å². The maximum atomic E-state index is 12.1. The van der Waals surface area contributed by atoms with Gasteiger partial charge in [0.25, 0.3) is 0 Å². The van der Waals surface area contributed by atoms with Gasteiger partial charge in [0.1, 0.15) is 0 Å². The fourth-order valence-corrected chi connectivity index (χ4v) is 2.81. The summed E-state index contributed by atoms with van der Waals surface area (Å²) in [5.74, 6) is -1.34. The van der Waals surface area contributed by atoms with Crippen LogP contribution in [0.25, 0.3) is 0 Å². The molecule has 2 rings (SSSR count). The number of aromatic amines is 1. The van der Waals surface area contributed by atoms with Crippen LogP contribution in [0.5, 0.6) is 0 Å². The fourth-order valence-electron chi connectivity index (χ4n) is 1.57. The minimum absolute atomic E-state index is 0.0316. The highest BCUT2D eigenvalue weighted by molar-refractivity contribution is 7.89. The maximum Gasteiger partial charge on any atom is 0.337 e. The van der Waals surface area contributed by atoms with Crippen molar-refractivity contribution in [2.24, 2.45) is 0 Å². The second-order valence-electron chi connectivity index (χ2n) is 3.96. The first-order valence-corrected chi connectivity index (χ1v) is 6.98. The van der Waals surface area contributed by atoms with Crippen LogP contribution in [-0.4, -0.2) is 29.5 Å². The number of imidazole rings is 1. The molecule has 0 aliphatic heterocycles. The summed E-state index contributed by atoms with van der Waals surface area (Å²) < 4.78 is 26.6. The third kappa shape index (κ3) is 2.95. The molecule has 9 heteroatoms. The van der Waals surface area contributed by atoms with Gasteiger partial charge in [0, 0.05) is 17.6 Å². The van der Waals surface area contributed by atoms with E-state index >= 15 is 0 Å². The molecule has 106 valence electrons. The molecule has 2 aromatic rings. The maximum absolute atomic E-state index is 12.1. The van der Waals surface area contributed by atoms with E-state index in [0.29, 0.717) is 5.69 Å². The Morgan fingerprint density at radius 1 is 1.45 bits per heavy atom. The Kier molecular flexibility index (Phi) is 3.72. The molecule has 0 saturated heterocycles. The van der Waals surface area contributed by atoms with Crippen molar-refractivity contribution in [1.29, 1.82) is 0 Å². The van der Waals surface area contributed by atoms with Gasteiger partial charge >= 0.3 is 5.97 Å². The zero-order valence-corrected chi connectivity index (χ0v) is 11.0. The van der Waals surface area contributed by atoms with Crippen LogP contribution in [0.3, 0.4) is 0 Å². The number of carboxylic acids is 1. The first kappa shape index (κ1) is 14.0. The van der Waals surface area contributed by atoms with E-state index in [0.717, 1.165) is 12.1 Å². The zero-order chi connectivity index (χ0) is 14.8. The van der Waals surface area contributed by atoms with Gasteiger partial charge in [-0.2, -0.15) is 0 Å². The standard InChI is InChI=1S/C11H12N4O4S/c12-7-1-2-9(11(16)17)10(3-7)20(18,19)15-5-8-4-13-6-14-8/h1-4,6,15H,5,12H2,(H,13,14)(H,16,17). The third-order valence-electron chi connectivity index (χ3n) is 2.53. The van der Waals surface area contributed by atoms with Crippen LogP contribution in [0, 0.1) is 0 Å². The van der Waals surface area contributed by atoms with Gasteiger partial charge in [0.15, 0.2) is 0 Å². The number of H-pyrrole nitrogens is 1. The molecule has 0 bridgehead atoms. The lowest BCUT2D eigenvalue weighted by atomic mass is 10.2. The molecule has 0 aliphatic carbocycles. The minimum Gasteiger partial charge on any atom is -0.478 e. The number of nitrogen functional groups attached to an aromatic ring is 1. The zero-order valence-electron chi connectivity index (χ0n) is 10.2. The molecule has 0 unspecified atom stereocenters. The van der Waals surface area contributed by atoms with E-state index in [1.54, 1.807) is 0 Å². The number of benzene rings is 1. The second kappa shape index (κ2) is 5.31. The largest absolute Gasteiger partial charge is 0.478 e. The number of nitrogens with two attached hydrogens (primary N) is 1. The molecule has 1 aromatic heterocycles. The number of aromatic carboxylic acids is 1. The molecule has 20 heavy (non-hydrogen) atoms. The van der Waals surface area contributed by atoms with E-state index in [1.165, 1.54) is 18.6 Å². The number of rotatable bonds is 5. The Hall–Kier alpha value is -2.39. The highest BCUT2D eigenvalue weighted by Gasteiger charge is 2.22. The molecule has 0 saturated carbocycles. The smallest absolute Gasteiger partial charge is 0.337 e. The van der Waals surface area contributed by atoms with Crippen LogP contribution in [0.2, 0.25) is 0 Å². The first-order chi connectivity index (χ1) is 9.40. The van der Waals surface area contributed by atoms with Crippen LogP contribution in [0.1, 0.15) is 16.1 Å². The van der Waals surface area contributed by atoms with Crippen molar-refractivity contribution in [2.45, 2.75) is 11.4 Å². The molecule has 1 aromatic carbocycles. The van der Waals surface area contributed by atoms with E-state index in [2.05, 4.69) is 14.7 Å². The van der Waals surface area contributed by atoms with E-state index in [4.69, 9.17) is 10.8 Å². The molecular weight excluding hydrogens is 284 g/mol. The van der Waals surface area contributed by atoms with Gasteiger partial charge in [-0.1, -0.05) is 0 Å². The Labute approximate surface area is 114 Å². The molecule has 0 aliphatic rings. The van der Waals surface area contributed by atoms with Crippen molar-refractivity contribution in [1.82, 2.24) is 14.7 Å². The highest BCUT2D eigenvalue weighted by Crippen LogP contribution is 2.19. The number of carboxylic acid groups (broad SMARTS) is 1. The summed E-state index contributed by atoms with van der Waals surface area (Å²) in [7, 11) is -3.99. The number of nitrogens with one attached hydrogen (secondary N) is 2.